The molecule has 0 aromatic carbocycles. The van der Waals surface area contributed by atoms with Gasteiger partial charge in [-0.2, -0.15) is 0 Å². The maximum Gasteiger partial charge on any atom is 0.335 e. The number of ether oxygens (including phenoxy) is 3. The van der Waals surface area contributed by atoms with Crippen molar-refractivity contribution in [2.75, 3.05) is 20.3 Å². The van der Waals surface area contributed by atoms with Gasteiger partial charge in [0.15, 0.2) is 6.10 Å². The highest BCUT2D eigenvalue weighted by Gasteiger charge is 2.23. The van der Waals surface area contributed by atoms with Crippen molar-refractivity contribution < 1.29 is 23.8 Å². The van der Waals surface area contributed by atoms with E-state index in [-0.39, 0.29) is 6.42 Å². The fraction of sp³-hybridized carbons (Fsp3) is 0.778. The minimum atomic E-state index is -0.857. The minimum absolute atomic E-state index is 0.103. The van der Waals surface area contributed by atoms with Crippen molar-refractivity contribution in [1.29, 1.82) is 0 Å². The Labute approximate surface area is 83.3 Å². The van der Waals surface area contributed by atoms with Crippen LogP contribution >= 0.6 is 0 Å². The summed E-state index contributed by atoms with van der Waals surface area (Å²) in [7, 11) is 1.25. The van der Waals surface area contributed by atoms with Crippen LogP contribution in [0.15, 0.2) is 0 Å². The van der Waals surface area contributed by atoms with Crippen molar-refractivity contribution >= 4 is 11.9 Å². The van der Waals surface area contributed by atoms with Gasteiger partial charge in [-0.1, -0.05) is 0 Å². The van der Waals surface area contributed by atoms with Gasteiger partial charge in [0, 0.05) is 6.61 Å². The van der Waals surface area contributed by atoms with Gasteiger partial charge in [0.1, 0.15) is 0 Å². The van der Waals surface area contributed by atoms with E-state index in [0.717, 1.165) is 0 Å². The SMILES string of the molecule is CCOC(=O)CC(OCC)C(=O)OC. The minimum Gasteiger partial charge on any atom is -0.467 e. The highest BCUT2D eigenvalue weighted by Crippen LogP contribution is 2.02. The van der Waals surface area contributed by atoms with E-state index < -0.39 is 18.0 Å². The lowest BCUT2D eigenvalue weighted by Crippen LogP contribution is -2.29. The van der Waals surface area contributed by atoms with Crippen LogP contribution in [0.4, 0.5) is 0 Å². The largest absolute Gasteiger partial charge is 0.467 e. The van der Waals surface area contributed by atoms with E-state index in [1.165, 1.54) is 7.11 Å². The Morgan fingerprint density at radius 3 is 2.29 bits per heavy atom. The first-order valence-corrected chi connectivity index (χ1v) is 4.50. The molecule has 0 aliphatic carbocycles. The molecular formula is C9H16O5. The summed E-state index contributed by atoms with van der Waals surface area (Å²) in [5.41, 5.74) is 0. The summed E-state index contributed by atoms with van der Waals surface area (Å²) in [4.78, 5) is 22.1. The van der Waals surface area contributed by atoms with E-state index in [4.69, 9.17) is 4.74 Å². The van der Waals surface area contributed by atoms with Crippen LogP contribution in [0.2, 0.25) is 0 Å². The third kappa shape index (κ3) is 4.81. The highest BCUT2D eigenvalue weighted by molar-refractivity contribution is 5.81. The predicted molar refractivity (Wildman–Crippen MR) is 48.7 cm³/mol. The molecule has 1 unspecified atom stereocenters. The first kappa shape index (κ1) is 12.9. The van der Waals surface area contributed by atoms with E-state index in [1.54, 1.807) is 13.8 Å². The Morgan fingerprint density at radius 2 is 1.86 bits per heavy atom. The van der Waals surface area contributed by atoms with Gasteiger partial charge in [0.2, 0.25) is 0 Å². The number of carbonyl (C=O) groups is 2. The fourth-order valence-corrected chi connectivity index (χ4v) is 0.914. The Hall–Kier alpha value is -1.10. The van der Waals surface area contributed by atoms with Crippen molar-refractivity contribution in [2.45, 2.75) is 26.4 Å². The topological polar surface area (TPSA) is 61.8 Å². The first-order valence-electron chi connectivity index (χ1n) is 4.50. The molecule has 0 aromatic heterocycles. The van der Waals surface area contributed by atoms with Crippen LogP contribution in [0.5, 0.6) is 0 Å². The maximum absolute atomic E-state index is 11.1. The lowest BCUT2D eigenvalue weighted by atomic mass is 10.2. The summed E-state index contributed by atoms with van der Waals surface area (Å²) in [6.07, 6.45) is -0.960. The molecule has 0 rings (SSSR count). The van der Waals surface area contributed by atoms with Gasteiger partial charge in [-0.05, 0) is 13.8 Å². The van der Waals surface area contributed by atoms with E-state index >= 15 is 0 Å². The van der Waals surface area contributed by atoms with Crippen LogP contribution in [0, 0.1) is 0 Å². The molecule has 0 aliphatic heterocycles. The third-order valence-corrected chi connectivity index (χ3v) is 1.49. The van der Waals surface area contributed by atoms with Crippen LogP contribution < -0.4 is 0 Å². The molecule has 82 valence electrons. The monoisotopic (exact) mass is 204 g/mol. The summed E-state index contributed by atoms with van der Waals surface area (Å²) in [5.74, 6) is -1.02. The third-order valence-electron chi connectivity index (χ3n) is 1.49. The van der Waals surface area contributed by atoms with Crippen LogP contribution in [0.25, 0.3) is 0 Å². The smallest absolute Gasteiger partial charge is 0.335 e. The second-order valence-corrected chi connectivity index (χ2v) is 2.48. The molecule has 0 saturated heterocycles. The van der Waals surface area contributed by atoms with Gasteiger partial charge in [-0.3, -0.25) is 4.79 Å². The second-order valence-electron chi connectivity index (χ2n) is 2.48. The number of rotatable bonds is 6. The molecule has 0 amide bonds. The molecule has 5 heteroatoms. The molecule has 0 fully saturated rings. The van der Waals surface area contributed by atoms with Crippen molar-refractivity contribution in [3.8, 4) is 0 Å². The number of methoxy groups -OCH3 is 1. The molecular weight excluding hydrogens is 188 g/mol. The van der Waals surface area contributed by atoms with Crippen molar-refractivity contribution in [3.63, 3.8) is 0 Å². The molecule has 0 saturated carbocycles. The molecule has 0 spiro atoms. The first-order chi connectivity index (χ1) is 6.65. The molecule has 0 bridgehead atoms. The average Bonchev–Trinajstić information content (AvgIpc) is 2.16. The Balaban J connectivity index is 4.08. The quantitative estimate of drug-likeness (QED) is 0.590. The molecule has 0 radical (unpaired) electrons. The number of hydrogen-bond donors (Lipinski definition) is 0. The van der Waals surface area contributed by atoms with Crippen molar-refractivity contribution in [1.82, 2.24) is 0 Å². The standard InChI is InChI=1S/C9H16O5/c1-4-13-7(9(11)12-3)6-8(10)14-5-2/h7H,4-6H2,1-3H3. The zero-order valence-corrected chi connectivity index (χ0v) is 8.74. The normalized spacial score (nSPS) is 11.9. The molecule has 0 N–H and O–H groups in total. The Morgan fingerprint density at radius 1 is 1.21 bits per heavy atom. The summed E-state index contributed by atoms with van der Waals surface area (Å²) >= 11 is 0. The lowest BCUT2D eigenvalue weighted by Gasteiger charge is -2.13. The zero-order chi connectivity index (χ0) is 11.0. The summed E-state index contributed by atoms with van der Waals surface area (Å²) in [6, 6.07) is 0. The van der Waals surface area contributed by atoms with Gasteiger partial charge in [0.05, 0.1) is 20.1 Å². The second kappa shape index (κ2) is 7.32. The van der Waals surface area contributed by atoms with E-state index in [0.29, 0.717) is 13.2 Å². The average molecular weight is 204 g/mol. The van der Waals surface area contributed by atoms with Gasteiger partial charge in [0.25, 0.3) is 0 Å². The molecule has 0 heterocycles. The zero-order valence-electron chi connectivity index (χ0n) is 8.74. The maximum atomic E-state index is 11.1. The Kier molecular flexibility index (Phi) is 6.74. The molecule has 0 aromatic rings. The highest BCUT2D eigenvalue weighted by atomic mass is 16.6. The van der Waals surface area contributed by atoms with Crippen molar-refractivity contribution in [3.05, 3.63) is 0 Å². The molecule has 0 aliphatic rings. The fourth-order valence-electron chi connectivity index (χ4n) is 0.914. The number of carbonyl (C=O) groups excluding carboxylic acids is 2. The number of esters is 2. The van der Waals surface area contributed by atoms with E-state index in [2.05, 4.69) is 9.47 Å². The van der Waals surface area contributed by atoms with E-state index in [1.807, 2.05) is 0 Å². The van der Waals surface area contributed by atoms with Gasteiger partial charge in [-0.25, -0.2) is 4.79 Å². The van der Waals surface area contributed by atoms with Crippen molar-refractivity contribution in [2.24, 2.45) is 0 Å². The van der Waals surface area contributed by atoms with Crippen LogP contribution in [-0.4, -0.2) is 38.4 Å². The molecule has 1 atom stereocenters. The molecule has 14 heavy (non-hydrogen) atoms. The molecule has 5 nitrogen and oxygen atoms in total. The summed E-state index contributed by atoms with van der Waals surface area (Å²) < 4.78 is 14.2. The summed E-state index contributed by atoms with van der Waals surface area (Å²) in [5, 5.41) is 0. The van der Waals surface area contributed by atoms with Gasteiger partial charge < -0.3 is 14.2 Å². The van der Waals surface area contributed by atoms with Crippen LogP contribution in [0.3, 0.4) is 0 Å². The number of hydrogen-bond acceptors (Lipinski definition) is 5. The van der Waals surface area contributed by atoms with Crippen LogP contribution in [0.1, 0.15) is 20.3 Å². The predicted octanol–water partition coefficient (Wildman–Crippen LogP) is 0.518. The Bertz CT molecular complexity index is 190. The van der Waals surface area contributed by atoms with E-state index in [9.17, 15) is 9.59 Å². The summed E-state index contributed by atoms with van der Waals surface area (Å²) in [6.45, 7) is 4.07. The van der Waals surface area contributed by atoms with Gasteiger partial charge >= 0.3 is 11.9 Å². The van der Waals surface area contributed by atoms with Gasteiger partial charge in [-0.15, -0.1) is 0 Å². The lowest BCUT2D eigenvalue weighted by molar-refractivity contribution is -0.161. The van der Waals surface area contributed by atoms with Crippen LogP contribution in [-0.2, 0) is 23.8 Å².